The lowest BCUT2D eigenvalue weighted by molar-refractivity contribution is -0.0389. The van der Waals surface area contributed by atoms with Crippen molar-refractivity contribution >= 4 is 17.2 Å². The van der Waals surface area contributed by atoms with Crippen LogP contribution in [0.1, 0.15) is 0 Å². The Kier molecular flexibility index (Phi) is 8.04. The summed E-state index contributed by atoms with van der Waals surface area (Å²) in [5.74, 6) is 0. The van der Waals surface area contributed by atoms with Gasteiger partial charge in [-0.05, 0) is 18.6 Å². The van der Waals surface area contributed by atoms with E-state index in [1.54, 1.807) is 0 Å². The van der Waals surface area contributed by atoms with Gasteiger partial charge >= 0.3 is 7.82 Å². The summed E-state index contributed by atoms with van der Waals surface area (Å²) in [6.07, 6.45) is 0. The predicted octanol–water partition coefficient (Wildman–Crippen LogP) is 0.318. The van der Waals surface area contributed by atoms with Crippen LogP contribution in [0.3, 0.4) is 0 Å². The molecule has 0 aromatic carbocycles. The zero-order valence-corrected chi connectivity index (χ0v) is 7.61. The molecular weight excluding hydrogens is 183 g/mol. The van der Waals surface area contributed by atoms with Gasteiger partial charge in [-0.25, -0.2) is 4.57 Å². The highest BCUT2D eigenvalue weighted by Crippen LogP contribution is 2.35. The van der Waals surface area contributed by atoms with E-state index in [9.17, 15) is 4.53 Å². The minimum atomic E-state index is -4.81. The van der Waals surface area contributed by atoms with E-state index >= 15 is 0 Å². The lowest BCUT2D eigenvalue weighted by Gasteiger charge is -1.90. The molecule has 0 rings (SSSR count). The van der Waals surface area contributed by atoms with Crippen LogP contribution in [0.25, 0.3) is 0 Å². The zero-order chi connectivity index (χ0) is 8.78. The summed E-state index contributed by atoms with van der Waals surface area (Å²) >= 11 is 0. The number of nitrogens with zero attached hydrogens (tertiary/aromatic N) is 1. The number of halogens is 1. The van der Waals surface area contributed by atoms with Crippen molar-refractivity contribution in [2.24, 2.45) is 0 Å². The van der Waals surface area contributed by atoms with E-state index < -0.39 is 7.82 Å². The summed E-state index contributed by atoms with van der Waals surface area (Å²) in [5.41, 5.74) is 0. The first-order chi connectivity index (χ1) is 4.29. The molecule has 0 heterocycles. The summed E-state index contributed by atoms with van der Waals surface area (Å²) in [7, 11) is 1.60. The fraction of sp³-hybridized carbons (Fsp3) is 1.00. The standard InChI is InChI=1S/C2H8NP.FH2O4P/c1-3(2)4;1-5-6(2,3)4/h4H2,1-2H3;(H2,2,3,4). The second-order valence-corrected chi connectivity index (χ2v) is 3.68. The number of hydrogen-bond donors (Lipinski definition) is 2. The maximum atomic E-state index is 10.2. The van der Waals surface area contributed by atoms with Crippen LogP contribution in [0, 0.1) is 0 Å². The number of rotatable bonds is 1. The Labute approximate surface area is 60.6 Å². The van der Waals surface area contributed by atoms with Crippen LogP contribution in [-0.4, -0.2) is 28.6 Å². The van der Waals surface area contributed by atoms with Gasteiger partial charge < -0.3 is 9.79 Å². The first-order valence-electron chi connectivity index (χ1n) is 2.07. The van der Waals surface area contributed by atoms with E-state index in [0.29, 0.717) is 0 Å². The molecule has 0 bridgehead atoms. The molecule has 0 aliphatic heterocycles. The highest BCUT2D eigenvalue weighted by molar-refractivity contribution is 7.46. The highest BCUT2D eigenvalue weighted by Gasteiger charge is 2.12. The van der Waals surface area contributed by atoms with Crippen molar-refractivity contribution in [1.82, 2.24) is 4.67 Å². The molecule has 8 heteroatoms. The first kappa shape index (κ1) is 13.1. The molecule has 0 aliphatic carbocycles. The van der Waals surface area contributed by atoms with Gasteiger partial charge in [-0.15, -0.1) is 0 Å². The molecule has 64 valence electrons. The van der Waals surface area contributed by atoms with Gasteiger partial charge in [0.05, 0.1) is 0 Å². The van der Waals surface area contributed by atoms with Crippen molar-refractivity contribution < 1.29 is 23.6 Å². The van der Waals surface area contributed by atoms with Crippen LogP contribution in [0.5, 0.6) is 0 Å². The third kappa shape index (κ3) is 39.6. The topological polar surface area (TPSA) is 70.0 Å². The van der Waals surface area contributed by atoms with Crippen LogP contribution in [0.4, 0.5) is 4.53 Å². The minimum absolute atomic E-state index is 1.92. The summed E-state index contributed by atoms with van der Waals surface area (Å²) in [6, 6.07) is 0. The first-order valence-corrected chi connectivity index (χ1v) is 4.12. The van der Waals surface area contributed by atoms with E-state index in [2.05, 4.69) is 14.1 Å². The summed E-state index contributed by atoms with van der Waals surface area (Å²) in [5, 5.41) is 0. The fourth-order valence-corrected chi connectivity index (χ4v) is 0. The quantitative estimate of drug-likeness (QED) is 0.586. The second kappa shape index (κ2) is 6.16. The number of hydrogen-bond acceptors (Lipinski definition) is 3. The van der Waals surface area contributed by atoms with Gasteiger partial charge in [0, 0.05) is 0 Å². The van der Waals surface area contributed by atoms with Gasteiger partial charge in [-0.2, -0.15) is 0 Å². The largest absolute Gasteiger partial charge is 0.500 e. The van der Waals surface area contributed by atoms with E-state index in [4.69, 9.17) is 14.4 Å². The van der Waals surface area contributed by atoms with Gasteiger partial charge in [-0.1, -0.05) is 14.1 Å². The van der Waals surface area contributed by atoms with Crippen LogP contribution < -0.4 is 0 Å². The SMILES string of the molecule is CN(C)P.O=P(O)(O)OF. The Bertz CT molecular complexity index is 111. The lowest BCUT2D eigenvalue weighted by Crippen LogP contribution is -1.88. The Balaban J connectivity index is 0. The van der Waals surface area contributed by atoms with Crippen molar-refractivity contribution in [3.05, 3.63) is 0 Å². The number of phosphoric acid groups is 1. The third-order valence-corrected chi connectivity index (χ3v) is 0.270. The van der Waals surface area contributed by atoms with Crippen molar-refractivity contribution in [2.45, 2.75) is 0 Å². The summed E-state index contributed by atoms with van der Waals surface area (Å²) < 4.78 is 23.4. The molecule has 0 aromatic rings. The van der Waals surface area contributed by atoms with Crippen molar-refractivity contribution in [2.75, 3.05) is 14.1 Å². The molecule has 5 nitrogen and oxygen atoms in total. The molecule has 1 atom stereocenters. The zero-order valence-electron chi connectivity index (χ0n) is 5.56. The smallest absolute Gasteiger partial charge is 0.301 e. The van der Waals surface area contributed by atoms with E-state index in [0.717, 1.165) is 0 Å². The molecule has 0 saturated carbocycles. The molecule has 0 amide bonds. The van der Waals surface area contributed by atoms with Crippen LogP contribution >= 0.6 is 17.2 Å². The average molecular weight is 193 g/mol. The molecule has 0 radical (unpaired) electrons. The van der Waals surface area contributed by atoms with Gasteiger partial charge in [0.1, 0.15) is 0 Å². The molecule has 1 unspecified atom stereocenters. The molecule has 0 aliphatic rings. The van der Waals surface area contributed by atoms with Crippen molar-refractivity contribution in [3.63, 3.8) is 0 Å². The predicted molar refractivity (Wildman–Crippen MR) is 37.6 cm³/mol. The Morgan fingerprint density at radius 3 is 1.70 bits per heavy atom. The van der Waals surface area contributed by atoms with Crippen LogP contribution in [0.15, 0.2) is 0 Å². The van der Waals surface area contributed by atoms with Gasteiger partial charge in [0.2, 0.25) is 0 Å². The fourth-order valence-electron chi connectivity index (χ4n) is 0. The van der Waals surface area contributed by atoms with Crippen molar-refractivity contribution in [3.8, 4) is 0 Å². The Morgan fingerprint density at radius 1 is 1.60 bits per heavy atom. The molecule has 2 N–H and O–H groups in total. The molecule has 0 fully saturated rings. The lowest BCUT2D eigenvalue weighted by atomic mass is 11.3. The average Bonchev–Trinajstić information content (AvgIpc) is 1.63. The van der Waals surface area contributed by atoms with Crippen LogP contribution in [0.2, 0.25) is 0 Å². The van der Waals surface area contributed by atoms with Crippen molar-refractivity contribution in [1.29, 1.82) is 0 Å². The molecule has 0 aromatic heterocycles. The summed E-state index contributed by atoms with van der Waals surface area (Å²) in [4.78, 5) is 14.7. The molecular formula is C2H10FNO4P2. The van der Waals surface area contributed by atoms with E-state index in [1.165, 1.54) is 0 Å². The normalized spacial score (nSPS) is 10.7. The Hall–Kier alpha value is 0.430. The maximum absolute atomic E-state index is 10.2. The maximum Gasteiger partial charge on any atom is 0.500 e. The second-order valence-electron chi connectivity index (χ2n) is 1.52. The van der Waals surface area contributed by atoms with Crippen LogP contribution in [-0.2, 0) is 9.29 Å². The van der Waals surface area contributed by atoms with Gasteiger partial charge in [0.25, 0.3) is 0 Å². The molecule has 0 spiro atoms. The third-order valence-electron chi connectivity index (χ3n) is 0.0899. The molecule has 10 heavy (non-hydrogen) atoms. The Morgan fingerprint density at radius 2 is 1.70 bits per heavy atom. The molecule has 0 saturated heterocycles. The van der Waals surface area contributed by atoms with Gasteiger partial charge in [0.15, 0.2) is 0 Å². The monoisotopic (exact) mass is 193 g/mol. The minimum Gasteiger partial charge on any atom is -0.301 e. The van der Waals surface area contributed by atoms with E-state index in [-0.39, 0.29) is 0 Å². The van der Waals surface area contributed by atoms with Gasteiger partial charge in [-0.3, -0.25) is 4.67 Å². The highest BCUT2D eigenvalue weighted by atomic mass is 31.2. The summed E-state index contributed by atoms with van der Waals surface area (Å²) in [6.45, 7) is 0. The van der Waals surface area contributed by atoms with E-state index in [1.807, 2.05) is 18.8 Å².